The van der Waals surface area contributed by atoms with Crippen molar-refractivity contribution in [2.75, 3.05) is 6.54 Å². The molecule has 38 heavy (non-hydrogen) atoms. The van der Waals surface area contributed by atoms with Gasteiger partial charge in [0.05, 0.1) is 22.2 Å². The van der Waals surface area contributed by atoms with Gasteiger partial charge in [-0.15, -0.1) is 0 Å². The van der Waals surface area contributed by atoms with Gasteiger partial charge in [-0.05, 0) is 39.8 Å². The van der Waals surface area contributed by atoms with Crippen molar-refractivity contribution >= 4 is 28.4 Å². The van der Waals surface area contributed by atoms with Crippen LogP contribution in [0.15, 0.2) is 47.4 Å². The van der Waals surface area contributed by atoms with Crippen molar-refractivity contribution in [3.8, 4) is 17.2 Å². The molecule has 0 saturated carbocycles. The summed E-state index contributed by atoms with van der Waals surface area (Å²) in [7, 11) is 0. The number of nitrogens with one attached hydrogen (secondary N) is 1. The summed E-state index contributed by atoms with van der Waals surface area (Å²) >= 11 is 0. The fourth-order valence-corrected chi connectivity index (χ4v) is 5.30. The highest BCUT2D eigenvalue weighted by Gasteiger charge is 2.56. The Bertz CT molecular complexity index is 1630. The molecule has 1 unspecified atom stereocenters. The molecular formula is C28H27N3O7. The molecule has 196 valence electrons. The average Bonchev–Trinajstić information content (AvgIpc) is 3.38. The zero-order valence-electron chi connectivity index (χ0n) is 21.4. The number of allylic oxidation sites excluding steroid dienone is 4. The van der Waals surface area contributed by atoms with E-state index in [9.17, 15) is 29.7 Å². The molecule has 5 rings (SSSR count). The molecule has 3 aromatic rings. The minimum absolute atomic E-state index is 0.0145. The van der Waals surface area contributed by atoms with Crippen LogP contribution in [0, 0.1) is 6.92 Å². The molecule has 0 bridgehead atoms. The third kappa shape index (κ3) is 3.44. The number of ketones is 3. The summed E-state index contributed by atoms with van der Waals surface area (Å²) in [6.07, 6.45) is 1.19. The van der Waals surface area contributed by atoms with Crippen molar-refractivity contribution in [1.82, 2.24) is 14.9 Å². The van der Waals surface area contributed by atoms with Crippen LogP contribution in [0.25, 0.3) is 11.0 Å². The maximum atomic E-state index is 13.9. The number of carbonyl (C=O) groups is 3. The van der Waals surface area contributed by atoms with Gasteiger partial charge in [0, 0.05) is 30.4 Å². The number of phenolic OH excluding ortho intramolecular Hbond substituents is 2. The van der Waals surface area contributed by atoms with Crippen LogP contribution in [0.4, 0.5) is 0 Å². The number of aromatic hydroxyl groups is 2. The van der Waals surface area contributed by atoms with E-state index >= 15 is 0 Å². The van der Waals surface area contributed by atoms with Crippen LogP contribution >= 0.6 is 0 Å². The van der Waals surface area contributed by atoms with Crippen LogP contribution in [-0.4, -0.2) is 48.8 Å². The molecule has 2 aromatic carbocycles. The minimum atomic E-state index is -1.57. The Balaban J connectivity index is 1.51. The van der Waals surface area contributed by atoms with Gasteiger partial charge in [-0.25, -0.2) is 4.98 Å². The van der Waals surface area contributed by atoms with E-state index in [2.05, 4.69) is 10.3 Å². The van der Waals surface area contributed by atoms with Gasteiger partial charge in [0.15, 0.2) is 17.3 Å². The molecule has 1 aliphatic carbocycles. The molecule has 10 heteroatoms. The number of hydrogen-bond donors (Lipinski definition) is 4. The van der Waals surface area contributed by atoms with Crippen LogP contribution < -0.4 is 10.1 Å². The summed E-state index contributed by atoms with van der Waals surface area (Å²) in [6.45, 7) is 6.32. The van der Waals surface area contributed by atoms with E-state index in [1.807, 2.05) is 28.8 Å². The van der Waals surface area contributed by atoms with Gasteiger partial charge in [0.2, 0.25) is 0 Å². The van der Waals surface area contributed by atoms with E-state index in [0.29, 0.717) is 24.6 Å². The third-order valence-electron chi connectivity index (χ3n) is 7.36. The number of para-hydroxylation sites is 2. The first kappa shape index (κ1) is 25.2. The maximum Gasteiger partial charge on any atom is 0.194 e. The summed E-state index contributed by atoms with van der Waals surface area (Å²) in [5.41, 5.74) is 0.201. The first-order chi connectivity index (χ1) is 18.0. The highest BCUT2D eigenvalue weighted by Crippen LogP contribution is 2.57. The zero-order valence-corrected chi connectivity index (χ0v) is 21.4. The quantitative estimate of drug-likeness (QED) is 0.220. The van der Waals surface area contributed by atoms with E-state index < -0.39 is 28.5 Å². The third-order valence-corrected chi connectivity index (χ3v) is 7.36. The summed E-state index contributed by atoms with van der Waals surface area (Å²) < 4.78 is 7.65. The molecule has 1 aromatic heterocycles. The van der Waals surface area contributed by atoms with Crippen LogP contribution in [0.3, 0.4) is 0 Å². The molecule has 0 fully saturated rings. The zero-order chi connectivity index (χ0) is 27.5. The number of carbonyl (C=O) groups excluding carboxylic acids is 3. The predicted octanol–water partition coefficient (Wildman–Crippen LogP) is 2.70. The lowest BCUT2D eigenvalue weighted by Crippen LogP contribution is -2.41. The number of phenols is 2. The summed E-state index contributed by atoms with van der Waals surface area (Å²) in [6, 6.07) is 7.49. The lowest BCUT2D eigenvalue weighted by molar-refractivity contribution is -0.123. The SMILES string of the molecule is CC(=O)c1c(O)c(C)c(O)c2c1OC1=CC(=O)C(=C(C)NCCn3c(CO)nc4ccccc43)C(=O)C12C. The minimum Gasteiger partial charge on any atom is -0.507 e. The van der Waals surface area contributed by atoms with Crippen molar-refractivity contribution in [2.24, 2.45) is 0 Å². The van der Waals surface area contributed by atoms with E-state index in [1.54, 1.807) is 6.92 Å². The summed E-state index contributed by atoms with van der Waals surface area (Å²) in [5.74, 6) is -2.12. The molecule has 0 amide bonds. The Labute approximate surface area is 217 Å². The lowest BCUT2D eigenvalue weighted by atomic mass is 9.70. The van der Waals surface area contributed by atoms with Crippen LogP contribution in [0.1, 0.15) is 48.1 Å². The second-order valence-corrected chi connectivity index (χ2v) is 9.64. The molecule has 10 nitrogen and oxygen atoms in total. The number of ether oxygens (including phenoxy) is 1. The first-order valence-corrected chi connectivity index (χ1v) is 12.1. The van der Waals surface area contributed by atoms with Gasteiger partial charge in [0.1, 0.15) is 46.4 Å². The second-order valence-electron chi connectivity index (χ2n) is 9.64. The number of nitrogens with zero attached hydrogens (tertiary/aromatic N) is 2. The molecule has 2 aliphatic rings. The topological polar surface area (TPSA) is 151 Å². The molecule has 1 atom stereocenters. The number of fused-ring (bicyclic) bond motifs is 4. The standard InChI is InChI=1S/C28H27N3O7/c1-13-24(35)22(15(3)33)26-23(25(13)36)28(4)19(38-26)11-18(34)21(27(28)37)14(2)29-9-10-31-17-8-6-5-7-16(17)30-20(31)12-32/h5-8,11,29,32,35-36H,9-10,12H2,1-4H3. The smallest absolute Gasteiger partial charge is 0.194 e. The van der Waals surface area contributed by atoms with Crippen LogP contribution in [0.5, 0.6) is 17.2 Å². The molecule has 1 aliphatic heterocycles. The number of rotatable bonds is 6. The normalized spacial score (nSPS) is 19.7. The lowest BCUT2D eigenvalue weighted by Gasteiger charge is -2.29. The van der Waals surface area contributed by atoms with Crippen LogP contribution in [0.2, 0.25) is 0 Å². The van der Waals surface area contributed by atoms with Gasteiger partial charge in [0.25, 0.3) is 0 Å². The number of aromatic nitrogens is 2. The largest absolute Gasteiger partial charge is 0.507 e. The number of imidazole rings is 1. The Morgan fingerprint density at radius 2 is 1.87 bits per heavy atom. The van der Waals surface area contributed by atoms with Gasteiger partial charge in [-0.2, -0.15) is 0 Å². The Hall–Kier alpha value is -4.44. The molecular weight excluding hydrogens is 490 g/mol. The van der Waals surface area contributed by atoms with E-state index in [0.717, 1.165) is 11.0 Å². The molecule has 4 N–H and O–H groups in total. The molecule has 0 spiro atoms. The van der Waals surface area contributed by atoms with E-state index in [1.165, 1.54) is 26.8 Å². The first-order valence-electron chi connectivity index (χ1n) is 12.1. The summed E-state index contributed by atoms with van der Waals surface area (Å²) in [4.78, 5) is 43.7. The number of hydrogen-bond acceptors (Lipinski definition) is 9. The molecule has 0 radical (unpaired) electrons. The maximum absolute atomic E-state index is 13.9. The van der Waals surface area contributed by atoms with Gasteiger partial charge in [-0.3, -0.25) is 14.4 Å². The highest BCUT2D eigenvalue weighted by molar-refractivity contribution is 6.31. The van der Waals surface area contributed by atoms with Crippen molar-refractivity contribution < 1.29 is 34.4 Å². The van der Waals surface area contributed by atoms with Gasteiger partial charge in [-0.1, -0.05) is 12.1 Å². The summed E-state index contributed by atoms with van der Waals surface area (Å²) in [5, 5.41) is 34.3. The van der Waals surface area contributed by atoms with Crippen molar-refractivity contribution in [3.63, 3.8) is 0 Å². The van der Waals surface area contributed by atoms with E-state index in [-0.39, 0.29) is 46.1 Å². The second kappa shape index (κ2) is 8.84. The number of Topliss-reactive ketones (excluding diaryl/α,β-unsaturated/α-hetero) is 2. The number of aliphatic hydroxyl groups excluding tert-OH is 1. The Morgan fingerprint density at radius 3 is 2.55 bits per heavy atom. The predicted molar refractivity (Wildman–Crippen MR) is 137 cm³/mol. The molecule has 2 heterocycles. The monoisotopic (exact) mass is 517 g/mol. The highest BCUT2D eigenvalue weighted by atomic mass is 16.5. The fourth-order valence-electron chi connectivity index (χ4n) is 5.30. The van der Waals surface area contributed by atoms with Crippen molar-refractivity contribution in [1.29, 1.82) is 0 Å². The Morgan fingerprint density at radius 1 is 1.16 bits per heavy atom. The van der Waals surface area contributed by atoms with Gasteiger partial charge < -0.3 is 29.9 Å². The number of aliphatic hydroxyl groups is 1. The van der Waals surface area contributed by atoms with Crippen molar-refractivity contribution in [2.45, 2.75) is 46.3 Å². The van der Waals surface area contributed by atoms with Crippen LogP contribution in [-0.2, 0) is 28.2 Å². The molecule has 0 saturated heterocycles. The van der Waals surface area contributed by atoms with Crippen molar-refractivity contribution in [3.05, 3.63) is 69.9 Å². The average molecular weight is 518 g/mol. The van der Waals surface area contributed by atoms with Gasteiger partial charge >= 0.3 is 0 Å². The number of benzene rings is 2. The van der Waals surface area contributed by atoms with E-state index in [4.69, 9.17) is 4.74 Å². The fraction of sp³-hybridized carbons (Fsp3) is 0.286. The Kier molecular flexibility index (Phi) is 5.87.